The molecule has 0 aliphatic rings. The van der Waals surface area contributed by atoms with E-state index in [0.717, 1.165) is 17.6 Å². The van der Waals surface area contributed by atoms with E-state index in [0.29, 0.717) is 0 Å². The third-order valence-electron chi connectivity index (χ3n) is 3.18. The van der Waals surface area contributed by atoms with Gasteiger partial charge in [0.05, 0.1) is 17.2 Å². The first kappa shape index (κ1) is 12.3. The summed E-state index contributed by atoms with van der Waals surface area (Å²) in [5, 5.41) is 8.02. The van der Waals surface area contributed by atoms with Gasteiger partial charge in [-0.1, -0.05) is 25.1 Å². The fraction of sp³-hybridized carbons (Fsp3) is 0.200. The fourth-order valence-corrected chi connectivity index (χ4v) is 2.92. The van der Waals surface area contributed by atoms with Crippen molar-refractivity contribution in [3.05, 3.63) is 58.8 Å². The van der Waals surface area contributed by atoms with Crippen LogP contribution in [0.2, 0.25) is 0 Å². The fourth-order valence-electron chi connectivity index (χ4n) is 2.34. The summed E-state index contributed by atoms with van der Waals surface area (Å²) in [4.78, 5) is 8.65. The summed E-state index contributed by atoms with van der Waals surface area (Å²) in [5.74, 6) is 0. The summed E-state index contributed by atoms with van der Waals surface area (Å²) in [6.45, 7) is 3.02. The van der Waals surface area contributed by atoms with E-state index < -0.39 is 0 Å². The van der Waals surface area contributed by atoms with Crippen LogP contribution in [0.5, 0.6) is 0 Å². The number of thiazole rings is 1. The van der Waals surface area contributed by atoms with Crippen LogP contribution in [0.3, 0.4) is 0 Å². The minimum Gasteiger partial charge on any atom is -0.305 e. The van der Waals surface area contributed by atoms with Crippen LogP contribution >= 0.6 is 11.3 Å². The molecule has 2 heterocycles. The van der Waals surface area contributed by atoms with E-state index in [1.165, 1.54) is 10.9 Å². The lowest BCUT2D eigenvalue weighted by atomic mass is 9.98. The first-order chi connectivity index (χ1) is 9.40. The number of hydrogen-bond acceptors (Lipinski definition) is 4. The Hall–Kier alpha value is -1.78. The maximum Gasteiger partial charge on any atom is 0.0795 e. The van der Waals surface area contributed by atoms with Gasteiger partial charge in [-0.25, -0.2) is 4.98 Å². The molecule has 1 aromatic carbocycles. The van der Waals surface area contributed by atoms with Gasteiger partial charge in [0.25, 0.3) is 0 Å². The molecule has 0 fully saturated rings. The second-order valence-electron chi connectivity index (χ2n) is 4.35. The molecule has 96 valence electrons. The molecule has 0 spiro atoms. The Kier molecular flexibility index (Phi) is 3.53. The second kappa shape index (κ2) is 5.47. The summed E-state index contributed by atoms with van der Waals surface area (Å²) in [6, 6.07) is 8.55. The van der Waals surface area contributed by atoms with Crippen molar-refractivity contribution in [3.8, 4) is 0 Å². The van der Waals surface area contributed by atoms with Crippen molar-refractivity contribution in [2.45, 2.75) is 13.0 Å². The van der Waals surface area contributed by atoms with Crippen LogP contribution in [0.25, 0.3) is 10.8 Å². The smallest absolute Gasteiger partial charge is 0.0795 e. The third-order valence-corrected chi connectivity index (χ3v) is 3.79. The molecule has 0 aliphatic carbocycles. The van der Waals surface area contributed by atoms with Crippen molar-refractivity contribution in [2.24, 2.45) is 0 Å². The first-order valence-electron chi connectivity index (χ1n) is 6.34. The molecule has 3 rings (SSSR count). The highest BCUT2D eigenvalue weighted by Gasteiger charge is 2.17. The van der Waals surface area contributed by atoms with Crippen molar-refractivity contribution in [3.63, 3.8) is 0 Å². The number of rotatable bonds is 4. The number of pyridine rings is 1. The van der Waals surface area contributed by atoms with Gasteiger partial charge in [-0.3, -0.25) is 4.98 Å². The molecule has 1 N–H and O–H groups in total. The zero-order chi connectivity index (χ0) is 13.1. The van der Waals surface area contributed by atoms with Gasteiger partial charge in [-0.15, -0.1) is 11.3 Å². The van der Waals surface area contributed by atoms with Crippen LogP contribution in [-0.2, 0) is 0 Å². The molecule has 0 bridgehead atoms. The molecule has 2 aromatic heterocycles. The first-order valence-corrected chi connectivity index (χ1v) is 7.28. The maximum atomic E-state index is 4.46. The van der Waals surface area contributed by atoms with E-state index in [1.807, 2.05) is 17.9 Å². The van der Waals surface area contributed by atoms with Crippen LogP contribution in [0.1, 0.15) is 24.2 Å². The molecular weight excluding hydrogens is 254 g/mol. The highest BCUT2D eigenvalue weighted by molar-refractivity contribution is 7.07. The molecule has 3 nitrogen and oxygen atoms in total. The van der Waals surface area contributed by atoms with E-state index in [4.69, 9.17) is 0 Å². The minimum absolute atomic E-state index is 0.141. The number of fused-ring (bicyclic) bond motifs is 1. The second-order valence-corrected chi connectivity index (χ2v) is 5.07. The van der Waals surface area contributed by atoms with Crippen molar-refractivity contribution < 1.29 is 0 Å². The van der Waals surface area contributed by atoms with Crippen LogP contribution in [0.15, 0.2) is 47.5 Å². The molecule has 0 saturated carbocycles. The molecule has 1 unspecified atom stereocenters. The topological polar surface area (TPSA) is 37.8 Å². The van der Waals surface area contributed by atoms with Crippen LogP contribution in [0, 0.1) is 0 Å². The standard InChI is InChI=1S/C15H15N3S/c1-2-17-15(14-9-19-10-18-14)13-5-3-4-11-8-16-7-6-12(11)13/h3-10,15,17H,2H2,1H3. The van der Waals surface area contributed by atoms with Crippen molar-refractivity contribution in [1.82, 2.24) is 15.3 Å². The van der Waals surface area contributed by atoms with E-state index in [9.17, 15) is 0 Å². The van der Waals surface area contributed by atoms with Gasteiger partial charge in [0, 0.05) is 23.2 Å². The van der Waals surface area contributed by atoms with Gasteiger partial charge in [-0.05, 0) is 23.6 Å². The number of aromatic nitrogens is 2. The Morgan fingerprint density at radius 2 is 2.26 bits per heavy atom. The Balaban J connectivity index is 2.15. The molecule has 0 aliphatic heterocycles. The number of nitrogens with zero attached hydrogens (tertiary/aromatic N) is 2. The molecule has 0 radical (unpaired) electrons. The van der Waals surface area contributed by atoms with Crippen molar-refractivity contribution in [1.29, 1.82) is 0 Å². The Labute approximate surface area is 116 Å². The number of benzene rings is 1. The van der Waals surface area contributed by atoms with Gasteiger partial charge in [0.15, 0.2) is 0 Å². The molecular formula is C15H15N3S. The average Bonchev–Trinajstić information content (AvgIpc) is 2.98. The predicted molar refractivity (Wildman–Crippen MR) is 79.4 cm³/mol. The largest absolute Gasteiger partial charge is 0.305 e. The number of nitrogens with one attached hydrogen (secondary N) is 1. The van der Waals surface area contributed by atoms with Crippen molar-refractivity contribution in [2.75, 3.05) is 6.54 Å². The van der Waals surface area contributed by atoms with Crippen LogP contribution < -0.4 is 5.32 Å². The molecule has 0 saturated heterocycles. The third kappa shape index (κ3) is 2.37. The molecule has 0 amide bonds. The van der Waals surface area contributed by atoms with Crippen LogP contribution in [-0.4, -0.2) is 16.5 Å². The van der Waals surface area contributed by atoms with Gasteiger partial charge >= 0.3 is 0 Å². The predicted octanol–water partition coefficient (Wildman–Crippen LogP) is 3.39. The van der Waals surface area contributed by atoms with Gasteiger partial charge in [0.1, 0.15) is 0 Å². The summed E-state index contributed by atoms with van der Waals surface area (Å²) in [7, 11) is 0. The van der Waals surface area contributed by atoms with Gasteiger partial charge in [-0.2, -0.15) is 0 Å². The lowest BCUT2D eigenvalue weighted by molar-refractivity contribution is 0.622. The average molecular weight is 269 g/mol. The Morgan fingerprint density at radius 3 is 3.05 bits per heavy atom. The lowest BCUT2D eigenvalue weighted by Crippen LogP contribution is -2.22. The van der Waals surface area contributed by atoms with Crippen molar-refractivity contribution >= 4 is 22.1 Å². The zero-order valence-electron chi connectivity index (χ0n) is 10.7. The number of hydrogen-bond donors (Lipinski definition) is 1. The highest BCUT2D eigenvalue weighted by atomic mass is 32.1. The van der Waals surface area contributed by atoms with E-state index in [-0.39, 0.29) is 6.04 Å². The van der Waals surface area contributed by atoms with E-state index in [1.54, 1.807) is 11.3 Å². The summed E-state index contributed by atoms with van der Waals surface area (Å²) >= 11 is 1.63. The SMILES string of the molecule is CCNC(c1cscn1)c1cccc2cnccc12. The summed E-state index contributed by atoms with van der Waals surface area (Å²) < 4.78 is 0. The van der Waals surface area contributed by atoms with E-state index >= 15 is 0 Å². The quantitative estimate of drug-likeness (QED) is 0.789. The lowest BCUT2D eigenvalue weighted by Gasteiger charge is -2.18. The summed E-state index contributed by atoms with van der Waals surface area (Å²) in [6.07, 6.45) is 3.75. The zero-order valence-corrected chi connectivity index (χ0v) is 11.5. The Morgan fingerprint density at radius 1 is 1.32 bits per heavy atom. The molecule has 19 heavy (non-hydrogen) atoms. The summed E-state index contributed by atoms with van der Waals surface area (Å²) in [5.41, 5.74) is 4.22. The Bertz CT molecular complexity index is 659. The van der Waals surface area contributed by atoms with Gasteiger partial charge < -0.3 is 5.32 Å². The highest BCUT2D eigenvalue weighted by Crippen LogP contribution is 2.28. The van der Waals surface area contributed by atoms with E-state index in [2.05, 4.69) is 51.9 Å². The maximum absolute atomic E-state index is 4.46. The normalized spacial score (nSPS) is 12.7. The molecule has 1 atom stereocenters. The molecule has 3 aromatic rings. The molecule has 4 heteroatoms. The van der Waals surface area contributed by atoms with Crippen LogP contribution in [0.4, 0.5) is 0 Å². The minimum atomic E-state index is 0.141. The monoisotopic (exact) mass is 269 g/mol. The van der Waals surface area contributed by atoms with Gasteiger partial charge in [0.2, 0.25) is 0 Å².